The van der Waals surface area contributed by atoms with E-state index in [2.05, 4.69) is 55.7 Å². The van der Waals surface area contributed by atoms with Crippen LogP contribution in [-0.4, -0.2) is 17.3 Å². The van der Waals surface area contributed by atoms with E-state index in [0.29, 0.717) is 16.9 Å². The summed E-state index contributed by atoms with van der Waals surface area (Å²) in [6.45, 7) is 9.12. The molecule has 19 heavy (non-hydrogen) atoms. The summed E-state index contributed by atoms with van der Waals surface area (Å²) in [4.78, 5) is 0. The lowest BCUT2D eigenvalue weighted by Gasteiger charge is -2.38. The average molecular weight is 263 g/mol. The highest BCUT2D eigenvalue weighted by atomic mass is 16.5. The number of hydrogen-bond donors (Lipinski definition) is 0. The van der Waals surface area contributed by atoms with E-state index < -0.39 is 0 Å². The molecule has 3 heteroatoms. The predicted octanol–water partition coefficient (Wildman–Crippen LogP) is 2.54. The van der Waals surface area contributed by atoms with E-state index in [4.69, 9.17) is 4.74 Å². The molecule has 0 spiro atoms. The highest BCUT2D eigenvalue weighted by Crippen LogP contribution is 2.66. The van der Waals surface area contributed by atoms with Crippen molar-refractivity contribution in [2.75, 3.05) is 6.61 Å². The molecule has 0 radical (unpaired) electrons. The Hall–Kier alpha value is -0.830. The van der Waals surface area contributed by atoms with Crippen LogP contribution in [0.5, 0.6) is 0 Å². The highest BCUT2D eigenvalue weighted by Gasteiger charge is 2.61. The van der Waals surface area contributed by atoms with Crippen molar-refractivity contribution in [2.24, 2.45) is 23.8 Å². The zero-order valence-corrected chi connectivity index (χ0v) is 12.7. The van der Waals surface area contributed by atoms with Crippen LogP contribution in [-0.2, 0) is 18.3 Å². The number of ether oxygens (including phenoxy) is 1. The monoisotopic (exact) mass is 263 g/mol. The van der Waals surface area contributed by atoms with Crippen molar-refractivity contribution < 1.29 is 9.30 Å². The van der Waals surface area contributed by atoms with Crippen LogP contribution in [0.1, 0.15) is 40.0 Å². The molecule has 0 N–H and O–H groups in total. The van der Waals surface area contributed by atoms with Crippen molar-refractivity contribution in [1.82, 2.24) is 4.57 Å². The minimum Gasteiger partial charge on any atom is -0.374 e. The fourth-order valence-electron chi connectivity index (χ4n) is 4.32. The first kappa shape index (κ1) is 13.2. The Morgan fingerprint density at radius 2 is 2.16 bits per heavy atom. The second-order valence-electron chi connectivity index (χ2n) is 7.29. The Labute approximate surface area is 116 Å². The first-order chi connectivity index (χ1) is 8.93. The molecule has 1 aromatic rings. The average Bonchev–Trinajstić information content (AvgIpc) is 2.90. The highest BCUT2D eigenvalue weighted by molar-refractivity contribution is 5.11. The Morgan fingerprint density at radius 1 is 1.37 bits per heavy atom. The smallest absolute Gasteiger partial charge is 0.243 e. The van der Waals surface area contributed by atoms with Gasteiger partial charge in [-0.3, -0.25) is 0 Å². The maximum Gasteiger partial charge on any atom is 0.243 e. The summed E-state index contributed by atoms with van der Waals surface area (Å²) in [5.41, 5.74) is 0.844. The quantitative estimate of drug-likeness (QED) is 0.764. The van der Waals surface area contributed by atoms with Gasteiger partial charge >= 0.3 is 0 Å². The molecule has 2 aliphatic rings. The third-order valence-corrected chi connectivity index (χ3v) is 6.21. The van der Waals surface area contributed by atoms with E-state index in [9.17, 15) is 0 Å². The van der Waals surface area contributed by atoms with Crippen LogP contribution in [0.25, 0.3) is 0 Å². The summed E-state index contributed by atoms with van der Waals surface area (Å²) in [6.07, 6.45) is 10.8. The lowest BCUT2D eigenvalue weighted by atomic mass is 9.70. The molecule has 1 unspecified atom stereocenters. The maximum absolute atomic E-state index is 6.26. The summed E-state index contributed by atoms with van der Waals surface area (Å²) in [6, 6.07) is 0. The van der Waals surface area contributed by atoms with Gasteiger partial charge < -0.3 is 4.74 Å². The van der Waals surface area contributed by atoms with E-state index in [-0.39, 0.29) is 0 Å². The molecule has 0 saturated heterocycles. The Balaban J connectivity index is 1.57. The second kappa shape index (κ2) is 4.34. The van der Waals surface area contributed by atoms with Crippen LogP contribution in [0, 0.1) is 16.7 Å². The maximum atomic E-state index is 6.26. The Kier molecular flexibility index (Phi) is 3.01. The Morgan fingerprint density at radius 3 is 2.68 bits per heavy atom. The lowest BCUT2D eigenvalue weighted by Crippen LogP contribution is -2.37. The SMILES string of the molecule is C[n+]1ccn(CCO[C@H]2CC3CC[C@@]2(C)C3(C)C)c1. The normalized spacial score (nSPS) is 36.0. The minimum absolute atomic E-state index is 0.388. The summed E-state index contributed by atoms with van der Waals surface area (Å²) in [5, 5.41) is 0. The van der Waals surface area contributed by atoms with Gasteiger partial charge in [0.15, 0.2) is 0 Å². The topological polar surface area (TPSA) is 18.0 Å². The van der Waals surface area contributed by atoms with Gasteiger partial charge in [0.05, 0.1) is 19.8 Å². The van der Waals surface area contributed by atoms with E-state index in [0.717, 1.165) is 19.1 Å². The van der Waals surface area contributed by atoms with Crippen LogP contribution >= 0.6 is 0 Å². The summed E-state index contributed by atoms with van der Waals surface area (Å²) in [5.74, 6) is 0.867. The molecule has 3 atom stereocenters. The van der Waals surface area contributed by atoms with Crippen LogP contribution in [0.4, 0.5) is 0 Å². The number of aryl methyl sites for hydroxylation is 1. The van der Waals surface area contributed by atoms with Gasteiger partial charge in [-0.05, 0) is 36.0 Å². The molecule has 106 valence electrons. The predicted molar refractivity (Wildman–Crippen MR) is 74.6 cm³/mol. The molecule has 1 aromatic heterocycles. The van der Waals surface area contributed by atoms with E-state index in [1.807, 2.05) is 0 Å². The summed E-state index contributed by atoms with van der Waals surface area (Å²) < 4.78 is 10.5. The first-order valence-corrected chi connectivity index (χ1v) is 7.56. The second-order valence-corrected chi connectivity index (χ2v) is 7.29. The number of nitrogens with zero attached hydrogens (tertiary/aromatic N) is 2. The minimum atomic E-state index is 0.388. The van der Waals surface area contributed by atoms with Crippen LogP contribution in [0.2, 0.25) is 0 Å². The molecule has 1 heterocycles. The summed E-state index contributed by atoms with van der Waals surface area (Å²) in [7, 11) is 2.05. The van der Waals surface area contributed by atoms with Gasteiger partial charge in [0.1, 0.15) is 18.9 Å². The molecule has 3 rings (SSSR count). The standard InChI is InChI=1S/C16H27N2O/c1-15(2)13-5-6-16(15,3)14(11-13)19-10-9-18-8-7-17(4)12-18/h7-8,12-14H,5-6,9-11H2,1-4H3/q+1/t13?,14-,16+/m0/s1. The Bertz CT molecular complexity index is 465. The van der Waals surface area contributed by atoms with Gasteiger partial charge in [-0.2, -0.15) is 0 Å². The van der Waals surface area contributed by atoms with Gasteiger partial charge in [0.25, 0.3) is 0 Å². The van der Waals surface area contributed by atoms with Gasteiger partial charge in [-0.15, -0.1) is 0 Å². The molecular weight excluding hydrogens is 236 g/mol. The van der Waals surface area contributed by atoms with Crippen LogP contribution < -0.4 is 4.57 Å². The molecular formula is C16H27N2O+. The molecule has 2 bridgehead atoms. The van der Waals surface area contributed by atoms with Gasteiger partial charge in [-0.25, -0.2) is 9.13 Å². The van der Waals surface area contributed by atoms with Crippen molar-refractivity contribution in [3.05, 3.63) is 18.7 Å². The van der Waals surface area contributed by atoms with E-state index >= 15 is 0 Å². The van der Waals surface area contributed by atoms with Crippen molar-refractivity contribution >= 4 is 0 Å². The lowest BCUT2D eigenvalue weighted by molar-refractivity contribution is -0.671. The zero-order chi connectivity index (χ0) is 13.7. The van der Waals surface area contributed by atoms with Crippen LogP contribution in [0.15, 0.2) is 18.7 Å². The van der Waals surface area contributed by atoms with Gasteiger partial charge in [0.2, 0.25) is 6.33 Å². The molecule has 2 fully saturated rings. The molecule has 0 aromatic carbocycles. The van der Waals surface area contributed by atoms with Gasteiger partial charge in [0, 0.05) is 0 Å². The number of imidazole rings is 1. The number of hydrogen-bond acceptors (Lipinski definition) is 1. The molecule has 2 aliphatic carbocycles. The molecule has 3 nitrogen and oxygen atoms in total. The fourth-order valence-corrected chi connectivity index (χ4v) is 4.32. The van der Waals surface area contributed by atoms with E-state index in [1.54, 1.807) is 0 Å². The summed E-state index contributed by atoms with van der Waals surface area (Å²) >= 11 is 0. The third kappa shape index (κ3) is 1.94. The number of fused-ring (bicyclic) bond motifs is 2. The zero-order valence-electron chi connectivity index (χ0n) is 12.7. The first-order valence-electron chi connectivity index (χ1n) is 7.56. The number of aromatic nitrogens is 2. The van der Waals surface area contributed by atoms with E-state index in [1.165, 1.54) is 19.3 Å². The van der Waals surface area contributed by atoms with Crippen molar-refractivity contribution in [3.8, 4) is 0 Å². The van der Waals surface area contributed by atoms with Crippen molar-refractivity contribution in [1.29, 1.82) is 0 Å². The third-order valence-electron chi connectivity index (χ3n) is 6.21. The molecule has 2 saturated carbocycles. The molecule has 0 aliphatic heterocycles. The van der Waals surface area contributed by atoms with Gasteiger partial charge in [-0.1, -0.05) is 20.8 Å². The fraction of sp³-hybridized carbons (Fsp3) is 0.812. The van der Waals surface area contributed by atoms with Crippen molar-refractivity contribution in [2.45, 2.75) is 52.7 Å². The van der Waals surface area contributed by atoms with Crippen LogP contribution in [0.3, 0.4) is 0 Å². The largest absolute Gasteiger partial charge is 0.374 e. The van der Waals surface area contributed by atoms with Crippen molar-refractivity contribution in [3.63, 3.8) is 0 Å². The molecule has 0 amide bonds. The number of rotatable bonds is 4.